The molecule has 1 aromatic heterocycles. The summed E-state index contributed by atoms with van der Waals surface area (Å²) in [5.74, 6) is 1.12. The van der Waals surface area contributed by atoms with Gasteiger partial charge in [-0.25, -0.2) is 0 Å². The number of furan rings is 1. The Morgan fingerprint density at radius 2 is 2.00 bits per heavy atom. The first-order valence-electron chi connectivity index (χ1n) is 9.00. The summed E-state index contributed by atoms with van der Waals surface area (Å²) in [6, 6.07) is 11.6. The normalized spacial score (nSPS) is 23.1. The molecule has 2 fully saturated rings. The van der Waals surface area contributed by atoms with Crippen LogP contribution in [0.5, 0.6) is 5.75 Å². The van der Waals surface area contributed by atoms with Gasteiger partial charge in [-0.3, -0.25) is 4.79 Å². The van der Waals surface area contributed by atoms with Gasteiger partial charge in [-0.1, -0.05) is 31.0 Å². The number of carbonyl (C=O) groups excluding carboxylic acids is 1. The van der Waals surface area contributed by atoms with Gasteiger partial charge < -0.3 is 18.8 Å². The summed E-state index contributed by atoms with van der Waals surface area (Å²) in [7, 11) is 0. The van der Waals surface area contributed by atoms with Crippen LogP contribution in [-0.4, -0.2) is 36.1 Å². The minimum absolute atomic E-state index is 0.0446. The van der Waals surface area contributed by atoms with Crippen molar-refractivity contribution in [2.24, 2.45) is 0 Å². The molecule has 1 amide bonds. The Labute approximate surface area is 147 Å². The fraction of sp³-hybridized carbons (Fsp3) is 0.450. The van der Waals surface area contributed by atoms with Crippen molar-refractivity contribution in [2.75, 3.05) is 13.2 Å². The van der Waals surface area contributed by atoms with Crippen LogP contribution < -0.4 is 4.74 Å². The highest BCUT2D eigenvalue weighted by Crippen LogP contribution is 2.30. The molecule has 2 aromatic rings. The summed E-state index contributed by atoms with van der Waals surface area (Å²) >= 11 is 0. The molecule has 25 heavy (non-hydrogen) atoms. The van der Waals surface area contributed by atoms with E-state index in [0.717, 1.165) is 30.6 Å². The van der Waals surface area contributed by atoms with Gasteiger partial charge in [-0.15, -0.1) is 0 Å². The van der Waals surface area contributed by atoms with E-state index in [-0.39, 0.29) is 18.1 Å². The standard InChI is InChI=1S/C20H23NO4/c22-20(21-11-13-23-18-9-5-4-8-17(18)21)19-15(10-12-24-19)14-25-16-6-2-1-3-7-16/h1-3,6-7,10,12,17-18H,4-5,8-9,11,13-14H2/t17-,18+/m0/s1. The van der Waals surface area contributed by atoms with E-state index in [1.54, 1.807) is 6.26 Å². The molecule has 2 aliphatic rings. The second kappa shape index (κ2) is 7.31. The van der Waals surface area contributed by atoms with E-state index in [0.29, 0.717) is 25.5 Å². The van der Waals surface area contributed by atoms with Crippen LogP contribution in [0, 0.1) is 0 Å². The third-order valence-electron chi connectivity index (χ3n) is 5.07. The lowest BCUT2D eigenvalue weighted by Gasteiger charge is -2.43. The number of hydrogen-bond acceptors (Lipinski definition) is 4. The Morgan fingerprint density at radius 3 is 2.88 bits per heavy atom. The number of hydrogen-bond donors (Lipinski definition) is 0. The Hall–Kier alpha value is -2.27. The van der Waals surface area contributed by atoms with Gasteiger partial charge >= 0.3 is 0 Å². The van der Waals surface area contributed by atoms with E-state index in [1.165, 1.54) is 6.42 Å². The monoisotopic (exact) mass is 341 g/mol. The number of para-hydroxylation sites is 1. The van der Waals surface area contributed by atoms with E-state index >= 15 is 0 Å². The summed E-state index contributed by atoms with van der Waals surface area (Å²) in [5.41, 5.74) is 0.785. The molecule has 132 valence electrons. The number of carbonyl (C=O) groups is 1. The molecule has 5 nitrogen and oxygen atoms in total. The molecule has 0 radical (unpaired) electrons. The minimum atomic E-state index is -0.0446. The Kier molecular flexibility index (Phi) is 4.74. The van der Waals surface area contributed by atoms with Crippen LogP contribution in [0.3, 0.4) is 0 Å². The van der Waals surface area contributed by atoms with E-state index in [1.807, 2.05) is 41.3 Å². The zero-order chi connectivity index (χ0) is 17.1. The highest BCUT2D eigenvalue weighted by molar-refractivity contribution is 5.93. The van der Waals surface area contributed by atoms with E-state index in [2.05, 4.69) is 0 Å². The van der Waals surface area contributed by atoms with E-state index in [4.69, 9.17) is 13.9 Å². The zero-order valence-corrected chi connectivity index (χ0v) is 14.2. The van der Waals surface area contributed by atoms with Crippen molar-refractivity contribution in [3.63, 3.8) is 0 Å². The van der Waals surface area contributed by atoms with Crippen molar-refractivity contribution in [2.45, 2.75) is 44.4 Å². The maximum Gasteiger partial charge on any atom is 0.290 e. The van der Waals surface area contributed by atoms with E-state index < -0.39 is 0 Å². The molecule has 0 unspecified atom stereocenters. The van der Waals surface area contributed by atoms with E-state index in [9.17, 15) is 4.79 Å². The first kappa shape index (κ1) is 16.2. The third-order valence-corrected chi connectivity index (χ3v) is 5.07. The lowest BCUT2D eigenvalue weighted by molar-refractivity contribution is -0.0760. The minimum Gasteiger partial charge on any atom is -0.489 e. The first-order chi connectivity index (χ1) is 12.3. The Bertz CT molecular complexity index is 709. The zero-order valence-electron chi connectivity index (χ0n) is 14.2. The van der Waals surface area contributed by atoms with Crippen LogP contribution in [0.4, 0.5) is 0 Å². The molecule has 1 saturated heterocycles. The highest BCUT2D eigenvalue weighted by Gasteiger charge is 2.38. The van der Waals surface area contributed by atoms with Crippen molar-refractivity contribution in [1.29, 1.82) is 0 Å². The van der Waals surface area contributed by atoms with Crippen LogP contribution in [0.25, 0.3) is 0 Å². The molecular weight excluding hydrogens is 318 g/mol. The quantitative estimate of drug-likeness (QED) is 0.852. The van der Waals surface area contributed by atoms with Gasteiger partial charge in [0, 0.05) is 12.1 Å². The van der Waals surface area contributed by atoms with Crippen molar-refractivity contribution < 1.29 is 18.7 Å². The lowest BCUT2D eigenvalue weighted by Crippen LogP contribution is -2.54. The highest BCUT2D eigenvalue weighted by atomic mass is 16.5. The van der Waals surface area contributed by atoms with Crippen LogP contribution in [0.2, 0.25) is 0 Å². The molecule has 5 heteroatoms. The lowest BCUT2D eigenvalue weighted by atomic mass is 9.90. The van der Waals surface area contributed by atoms with Crippen molar-refractivity contribution >= 4 is 5.91 Å². The Balaban J connectivity index is 1.48. The maximum atomic E-state index is 13.1. The molecule has 1 saturated carbocycles. The maximum absolute atomic E-state index is 13.1. The molecule has 0 spiro atoms. The second-order valence-corrected chi connectivity index (χ2v) is 6.64. The van der Waals surface area contributed by atoms with Gasteiger partial charge in [0.15, 0.2) is 5.76 Å². The van der Waals surface area contributed by atoms with Crippen LogP contribution >= 0.6 is 0 Å². The van der Waals surface area contributed by atoms with Gasteiger partial charge in [0.2, 0.25) is 0 Å². The SMILES string of the molecule is O=C(c1occc1COc1ccccc1)N1CCO[C@@H]2CCCC[C@@H]21. The molecule has 2 atom stereocenters. The number of fused-ring (bicyclic) bond motifs is 1. The number of nitrogens with zero attached hydrogens (tertiary/aromatic N) is 1. The fourth-order valence-electron chi connectivity index (χ4n) is 3.79. The van der Waals surface area contributed by atoms with Gasteiger partial charge in [-0.2, -0.15) is 0 Å². The average molecular weight is 341 g/mol. The first-order valence-corrected chi connectivity index (χ1v) is 9.00. The number of rotatable bonds is 4. The molecule has 2 heterocycles. The topological polar surface area (TPSA) is 51.9 Å². The predicted molar refractivity (Wildman–Crippen MR) is 92.5 cm³/mol. The number of amides is 1. The smallest absolute Gasteiger partial charge is 0.290 e. The third kappa shape index (κ3) is 3.42. The van der Waals surface area contributed by atoms with Gasteiger partial charge in [0.1, 0.15) is 12.4 Å². The molecule has 1 aliphatic heterocycles. The molecule has 4 rings (SSSR count). The molecule has 1 aliphatic carbocycles. The Morgan fingerprint density at radius 1 is 1.16 bits per heavy atom. The van der Waals surface area contributed by atoms with Crippen molar-refractivity contribution in [3.8, 4) is 5.75 Å². The number of morpholine rings is 1. The summed E-state index contributed by atoms with van der Waals surface area (Å²) in [4.78, 5) is 15.0. The van der Waals surface area contributed by atoms with Crippen molar-refractivity contribution in [1.82, 2.24) is 4.90 Å². The summed E-state index contributed by atoms with van der Waals surface area (Å²) in [6.07, 6.45) is 6.11. The summed E-state index contributed by atoms with van der Waals surface area (Å²) < 4.78 is 17.2. The fourth-order valence-corrected chi connectivity index (χ4v) is 3.79. The average Bonchev–Trinajstić information content (AvgIpc) is 3.15. The van der Waals surface area contributed by atoms with Gasteiger partial charge in [-0.05, 0) is 31.0 Å². The summed E-state index contributed by atoms with van der Waals surface area (Å²) in [6.45, 7) is 1.54. The predicted octanol–water partition coefficient (Wildman–Crippen LogP) is 3.64. The largest absolute Gasteiger partial charge is 0.489 e. The van der Waals surface area contributed by atoms with Crippen LogP contribution in [0.1, 0.15) is 41.8 Å². The molecular formula is C20H23NO4. The van der Waals surface area contributed by atoms with Gasteiger partial charge in [0.05, 0.1) is 25.0 Å². The second-order valence-electron chi connectivity index (χ2n) is 6.64. The van der Waals surface area contributed by atoms with Crippen molar-refractivity contribution in [3.05, 3.63) is 54.0 Å². The molecule has 0 N–H and O–H groups in total. The van der Waals surface area contributed by atoms with Crippen LogP contribution in [0.15, 0.2) is 47.1 Å². The molecule has 0 bridgehead atoms. The molecule has 1 aromatic carbocycles. The summed E-state index contributed by atoms with van der Waals surface area (Å²) in [5, 5.41) is 0. The number of ether oxygens (including phenoxy) is 2. The van der Waals surface area contributed by atoms with Gasteiger partial charge in [0.25, 0.3) is 5.91 Å². The van der Waals surface area contributed by atoms with Crippen LogP contribution in [-0.2, 0) is 11.3 Å². The number of benzene rings is 1.